The minimum atomic E-state index is 0.758. The van der Waals surface area contributed by atoms with Crippen molar-refractivity contribution in [3.63, 3.8) is 0 Å². The van der Waals surface area contributed by atoms with Crippen LogP contribution in [0.4, 0.5) is 0 Å². The summed E-state index contributed by atoms with van der Waals surface area (Å²) in [5.74, 6) is 1.67. The van der Waals surface area contributed by atoms with Gasteiger partial charge in [-0.05, 0) is 43.6 Å². The second kappa shape index (κ2) is 5.11. The van der Waals surface area contributed by atoms with Crippen LogP contribution >= 0.6 is 0 Å². The molecule has 3 aliphatic rings. The van der Waals surface area contributed by atoms with E-state index in [0.29, 0.717) is 0 Å². The Balaban J connectivity index is 1.66. The number of hydrogen-bond acceptors (Lipinski definition) is 3. The molecule has 1 aromatic rings. The Morgan fingerprint density at radius 1 is 1.22 bits per heavy atom. The summed E-state index contributed by atoms with van der Waals surface area (Å²) >= 11 is 0. The third-order valence-electron chi connectivity index (χ3n) is 4.07. The highest BCUT2D eigenvalue weighted by Gasteiger charge is 2.30. The van der Waals surface area contributed by atoms with Crippen molar-refractivity contribution in [2.24, 2.45) is 10.9 Å². The second-order valence-electron chi connectivity index (χ2n) is 5.21. The second-order valence-corrected chi connectivity index (χ2v) is 5.21. The van der Waals surface area contributed by atoms with Crippen LogP contribution in [0.5, 0.6) is 5.75 Å². The normalized spacial score (nSPS) is 28.6. The quantitative estimate of drug-likeness (QED) is 0.815. The van der Waals surface area contributed by atoms with Gasteiger partial charge in [-0.2, -0.15) is 0 Å². The minimum absolute atomic E-state index is 0.758. The lowest BCUT2D eigenvalue weighted by Crippen LogP contribution is -2.47. The predicted octanol–water partition coefficient (Wildman–Crippen LogP) is 2.36. The van der Waals surface area contributed by atoms with Gasteiger partial charge in [0, 0.05) is 18.2 Å². The van der Waals surface area contributed by atoms with E-state index in [9.17, 15) is 0 Å². The van der Waals surface area contributed by atoms with E-state index in [4.69, 9.17) is 9.73 Å². The fraction of sp³-hybridized carbons (Fsp3) is 0.533. The third-order valence-corrected chi connectivity index (χ3v) is 4.07. The molecule has 0 N–H and O–H groups in total. The summed E-state index contributed by atoms with van der Waals surface area (Å²) in [6.45, 7) is 4.45. The van der Waals surface area contributed by atoms with Crippen molar-refractivity contribution >= 4 is 5.71 Å². The number of aliphatic imine (C=N–C) groups is 1. The molecule has 2 bridgehead atoms. The topological polar surface area (TPSA) is 24.8 Å². The van der Waals surface area contributed by atoms with Crippen LogP contribution in [-0.2, 0) is 6.54 Å². The standard InChI is InChI=1S/C15H20N2O/c1-18-14-4-2-12(3-5-14)10-16-15-11-17-8-6-13(15)7-9-17/h2-5,13H,6-11H2,1H3. The Morgan fingerprint density at radius 2 is 1.94 bits per heavy atom. The largest absolute Gasteiger partial charge is 0.497 e. The lowest BCUT2D eigenvalue weighted by molar-refractivity contribution is 0.200. The molecular formula is C15H20N2O. The van der Waals surface area contributed by atoms with Gasteiger partial charge in [0.05, 0.1) is 13.7 Å². The summed E-state index contributed by atoms with van der Waals surface area (Å²) in [5.41, 5.74) is 2.68. The van der Waals surface area contributed by atoms with Crippen LogP contribution in [-0.4, -0.2) is 37.4 Å². The average molecular weight is 244 g/mol. The van der Waals surface area contributed by atoms with Crippen LogP contribution in [0, 0.1) is 5.92 Å². The molecule has 0 atom stereocenters. The molecule has 0 radical (unpaired) electrons. The van der Waals surface area contributed by atoms with Crippen LogP contribution in [0.1, 0.15) is 18.4 Å². The van der Waals surface area contributed by atoms with Crippen molar-refractivity contribution in [2.45, 2.75) is 19.4 Å². The molecular weight excluding hydrogens is 224 g/mol. The first kappa shape index (κ1) is 11.7. The van der Waals surface area contributed by atoms with Crippen molar-refractivity contribution in [1.82, 2.24) is 4.90 Å². The minimum Gasteiger partial charge on any atom is -0.497 e. The number of rotatable bonds is 3. The summed E-state index contributed by atoms with van der Waals surface area (Å²) in [7, 11) is 1.70. The molecule has 0 saturated carbocycles. The van der Waals surface area contributed by atoms with Crippen molar-refractivity contribution in [3.05, 3.63) is 29.8 Å². The van der Waals surface area contributed by atoms with E-state index in [2.05, 4.69) is 17.0 Å². The zero-order chi connectivity index (χ0) is 12.4. The number of fused-ring (bicyclic) bond motifs is 3. The molecule has 3 aliphatic heterocycles. The molecule has 3 nitrogen and oxygen atoms in total. The molecule has 18 heavy (non-hydrogen) atoms. The van der Waals surface area contributed by atoms with E-state index >= 15 is 0 Å². The third kappa shape index (κ3) is 2.41. The van der Waals surface area contributed by atoms with Gasteiger partial charge in [0.15, 0.2) is 0 Å². The first-order valence-corrected chi connectivity index (χ1v) is 6.73. The maximum absolute atomic E-state index is 5.16. The SMILES string of the molecule is COc1ccc(CN=C2CN3CCC2CC3)cc1. The maximum atomic E-state index is 5.16. The lowest BCUT2D eigenvalue weighted by Gasteiger charge is -2.40. The molecule has 4 rings (SSSR count). The summed E-state index contributed by atoms with van der Waals surface area (Å²) in [6.07, 6.45) is 2.61. The zero-order valence-corrected chi connectivity index (χ0v) is 10.9. The van der Waals surface area contributed by atoms with Crippen LogP contribution in [0.2, 0.25) is 0 Å². The Labute approximate surface area is 108 Å². The summed E-state index contributed by atoms with van der Waals surface area (Å²) < 4.78 is 5.16. The molecule has 0 spiro atoms. The fourth-order valence-electron chi connectivity index (χ4n) is 2.89. The molecule has 3 heterocycles. The van der Waals surface area contributed by atoms with Gasteiger partial charge < -0.3 is 4.74 Å². The molecule has 0 aliphatic carbocycles. The van der Waals surface area contributed by atoms with E-state index in [1.165, 1.54) is 37.2 Å². The number of methoxy groups -OCH3 is 1. The number of hydrogen-bond donors (Lipinski definition) is 0. The molecule has 3 saturated heterocycles. The Kier molecular flexibility index (Phi) is 3.33. The summed E-state index contributed by atoms with van der Waals surface area (Å²) in [5, 5.41) is 0. The lowest BCUT2D eigenvalue weighted by atomic mass is 9.86. The van der Waals surface area contributed by atoms with Gasteiger partial charge >= 0.3 is 0 Å². The summed E-state index contributed by atoms with van der Waals surface area (Å²) in [4.78, 5) is 7.35. The van der Waals surface area contributed by atoms with Crippen molar-refractivity contribution in [2.75, 3.05) is 26.7 Å². The predicted molar refractivity (Wildman–Crippen MR) is 73.3 cm³/mol. The molecule has 96 valence electrons. The van der Waals surface area contributed by atoms with Crippen LogP contribution in [0.15, 0.2) is 29.3 Å². The number of nitrogens with zero attached hydrogens (tertiary/aromatic N) is 2. The Hall–Kier alpha value is -1.35. The number of ether oxygens (including phenoxy) is 1. The van der Waals surface area contributed by atoms with Crippen LogP contribution in [0.25, 0.3) is 0 Å². The molecule has 0 unspecified atom stereocenters. The Bertz CT molecular complexity index is 430. The van der Waals surface area contributed by atoms with Gasteiger partial charge in [0.25, 0.3) is 0 Å². The van der Waals surface area contributed by atoms with Gasteiger partial charge in [-0.25, -0.2) is 0 Å². The van der Waals surface area contributed by atoms with Crippen molar-refractivity contribution in [1.29, 1.82) is 0 Å². The molecule has 1 aromatic carbocycles. The molecule has 3 heteroatoms. The van der Waals surface area contributed by atoms with E-state index in [-0.39, 0.29) is 0 Å². The smallest absolute Gasteiger partial charge is 0.118 e. The van der Waals surface area contributed by atoms with Crippen molar-refractivity contribution in [3.8, 4) is 5.75 Å². The van der Waals surface area contributed by atoms with E-state index in [1.807, 2.05) is 12.1 Å². The highest BCUT2D eigenvalue weighted by atomic mass is 16.5. The first-order chi connectivity index (χ1) is 8.85. The van der Waals surface area contributed by atoms with Gasteiger partial charge in [0.1, 0.15) is 5.75 Å². The monoisotopic (exact) mass is 244 g/mol. The van der Waals surface area contributed by atoms with Gasteiger partial charge in [0.2, 0.25) is 0 Å². The first-order valence-electron chi connectivity index (χ1n) is 6.73. The van der Waals surface area contributed by atoms with Gasteiger partial charge in [-0.15, -0.1) is 0 Å². The molecule has 0 amide bonds. The van der Waals surface area contributed by atoms with E-state index in [1.54, 1.807) is 7.11 Å². The maximum Gasteiger partial charge on any atom is 0.118 e. The highest BCUT2D eigenvalue weighted by molar-refractivity contribution is 5.90. The van der Waals surface area contributed by atoms with Crippen LogP contribution < -0.4 is 4.74 Å². The number of benzene rings is 1. The van der Waals surface area contributed by atoms with Gasteiger partial charge in [-0.1, -0.05) is 12.1 Å². The highest BCUT2D eigenvalue weighted by Crippen LogP contribution is 2.25. The van der Waals surface area contributed by atoms with Crippen LogP contribution in [0.3, 0.4) is 0 Å². The van der Waals surface area contributed by atoms with E-state index in [0.717, 1.165) is 24.8 Å². The van der Waals surface area contributed by atoms with Gasteiger partial charge in [-0.3, -0.25) is 9.89 Å². The average Bonchev–Trinajstić information content (AvgIpc) is 2.47. The summed E-state index contributed by atoms with van der Waals surface area (Å²) in [6, 6.07) is 8.21. The van der Waals surface area contributed by atoms with E-state index < -0.39 is 0 Å². The number of piperidine rings is 3. The van der Waals surface area contributed by atoms with Crippen molar-refractivity contribution < 1.29 is 4.74 Å². The molecule has 0 aromatic heterocycles. The molecule has 3 fully saturated rings. The Morgan fingerprint density at radius 3 is 2.50 bits per heavy atom. The zero-order valence-electron chi connectivity index (χ0n) is 10.9. The fourth-order valence-corrected chi connectivity index (χ4v) is 2.89.